The number of hydrogen-bond donors (Lipinski definition) is 1. The molecule has 0 bridgehead atoms. The number of pyridine rings is 1. The van der Waals surface area contributed by atoms with Crippen molar-refractivity contribution >= 4 is 5.82 Å². The second kappa shape index (κ2) is 6.68. The molecule has 0 aliphatic carbocycles. The van der Waals surface area contributed by atoms with E-state index < -0.39 is 0 Å². The molecule has 0 atom stereocenters. The minimum Gasteiger partial charge on any atom is -0.492 e. The molecular weight excluding hydrogens is 240 g/mol. The van der Waals surface area contributed by atoms with Crippen molar-refractivity contribution in [3.63, 3.8) is 0 Å². The van der Waals surface area contributed by atoms with E-state index in [1.54, 1.807) is 12.4 Å². The molecule has 0 aliphatic heterocycles. The van der Waals surface area contributed by atoms with Gasteiger partial charge in [-0.15, -0.1) is 10.2 Å². The average Bonchev–Trinajstić information content (AvgIpc) is 2.46. The molecule has 5 nitrogen and oxygen atoms in total. The molecule has 0 spiro atoms. The molecule has 0 aromatic carbocycles. The van der Waals surface area contributed by atoms with E-state index in [0.29, 0.717) is 6.61 Å². The second-order valence-electron chi connectivity index (χ2n) is 4.07. The lowest BCUT2D eigenvalue weighted by Gasteiger charge is -2.06. The smallest absolute Gasteiger partial charge is 0.148 e. The lowest BCUT2D eigenvalue weighted by Crippen LogP contribution is -2.03. The highest BCUT2D eigenvalue weighted by atomic mass is 16.5. The van der Waals surface area contributed by atoms with Crippen LogP contribution in [-0.4, -0.2) is 28.3 Å². The molecular formula is C14H18N4O. The first kappa shape index (κ1) is 13.3. The molecule has 2 aromatic rings. The maximum absolute atomic E-state index is 5.42. The fourth-order valence-electron chi connectivity index (χ4n) is 1.64. The Morgan fingerprint density at radius 1 is 1.16 bits per heavy atom. The van der Waals surface area contributed by atoms with Gasteiger partial charge in [-0.1, -0.05) is 6.92 Å². The molecule has 0 saturated carbocycles. The van der Waals surface area contributed by atoms with Crippen molar-refractivity contribution < 1.29 is 4.74 Å². The molecule has 0 amide bonds. The maximum atomic E-state index is 5.42. The van der Waals surface area contributed by atoms with Crippen LogP contribution in [0.1, 0.15) is 20.3 Å². The molecule has 19 heavy (non-hydrogen) atoms. The maximum Gasteiger partial charge on any atom is 0.148 e. The number of anilines is 1. The van der Waals surface area contributed by atoms with E-state index in [9.17, 15) is 0 Å². The molecule has 0 fully saturated rings. The summed E-state index contributed by atoms with van der Waals surface area (Å²) in [4.78, 5) is 4.14. The van der Waals surface area contributed by atoms with Gasteiger partial charge in [0.2, 0.25) is 0 Å². The summed E-state index contributed by atoms with van der Waals surface area (Å²) in [6, 6.07) is 5.77. The summed E-state index contributed by atoms with van der Waals surface area (Å²) in [5.41, 5.74) is 1.69. The van der Waals surface area contributed by atoms with Gasteiger partial charge in [-0.25, -0.2) is 0 Å². The fourth-order valence-corrected chi connectivity index (χ4v) is 1.64. The lowest BCUT2D eigenvalue weighted by atomic mass is 10.2. The normalized spacial score (nSPS) is 10.2. The summed E-state index contributed by atoms with van der Waals surface area (Å²) in [5.74, 6) is 1.54. The van der Waals surface area contributed by atoms with Crippen molar-refractivity contribution in [2.24, 2.45) is 0 Å². The third kappa shape index (κ3) is 3.64. The van der Waals surface area contributed by atoms with Gasteiger partial charge in [-0.2, -0.15) is 0 Å². The highest BCUT2D eigenvalue weighted by molar-refractivity contribution is 5.60. The number of rotatable bonds is 6. The van der Waals surface area contributed by atoms with E-state index >= 15 is 0 Å². The summed E-state index contributed by atoms with van der Waals surface area (Å²) in [6.45, 7) is 5.58. The summed E-state index contributed by atoms with van der Waals surface area (Å²) in [7, 11) is 0. The Balaban J connectivity index is 2.14. The van der Waals surface area contributed by atoms with E-state index in [1.165, 1.54) is 0 Å². The molecule has 0 radical (unpaired) electrons. The zero-order chi connectivity index (χ0) is 13.5. The van der Waals surface area contributed by atoms with Gasteiger partial charge < -0.3 is 10.1 Å². The van der Waals surface area contributed by atoms with Gasteiger partial charge in [0.1, 0.15) is 11.6 Å². The van der Waals surface area contributed by atoms with Crippen LogP contribution in [-0.2, 0) is 0 Å². The third-order valence-electron chi connectivity index (χ3n) is 2.54. The van der Waals surface area contributed by atoms with E-state index in [-0.39, 0.29) is 0 Å². The van der Waals surface area contributed by atoms with Gasteiger partial charge >= 0.3 is 0 Å². The first-order chi connectivity index (χ1) is 9.33. The summed E-state index contributed by atoms with van der Waals surface area (Å²) in [6.07, 6.45) is 4.51. The van der Waals surface area contributed by atoms with E-state index in [1.807, 2.05) is 25.1 Å². The minimum absolute atomic E-state index is 0.622. The Bertz CT molecular complexity index is 513. The van der Waals surface area contributed by atoms with Crippen LogP contribution in [0.4, 0.5) is 5.82 Å². The van der Waals surface area contributed by atoms with Gasteiger partial charge in [-0.05, 0) is 31.5 Å². The van der Waals surface area contributed by atoms with Crippen LogP contribution < -0.4 is 10.1 Å². The molecule has 2 aromatic heterocycles. The lowest BCUT2D eigenvalue weighted by molar-refractivity contribution is 0.339. The molecule has 0 unspecified atom stereocenters. The quantitative estimate of drug-likeness (QED) is 0.863. The Kier molecular flexibility index (Phi) is 4.66. The SMILES string of the molecule is CCCNc1ccc(-c2cncc(OCC)c2)nn1. The highest BCUT2D eigenvalue weighted by Crippen LogP contribution is 2.20. The molecule has 5 heteroatoms. The van der Waals surface area contributed by atoms with Gasteiger partial charge in [0.05, 0.1) is 18.5 Å². The van der Waals surface area contributed by atoms with Crippen molar-refractivity contribution in [1.82, 2.24) is 15.2 Å². The number of nitrogens with zero attached hydrogens (tertiary/aromatic N) is 3. The topological polar surface area (TPSA) is 59.9 Å². The summed E-state index contributed by atoms with van der Waals surface area (Å²) >= 11 is 0. The summed E-state index contributed by atoms with van der Waals surface area (Å²) in [5, 5.41) is 11.5. The van der Waals surface area contributed by atoms with Crippen molar-refractivity contribution in [3.05, 3.63) is 30.6 Å². The zero-order valence-corrected chi connectivity index (χ0v) is 11.3. The number of hydrogen-bond acceptors (Lipinski definition) is 5. The molecule has 2 rings (SSSR count). The van der Waals surface area contributed by atoms with Crippen LogP contribution in [0.3, 0.4) is 0 Å². The van der Waals surface area contributed by atoms with E-state index in [0.717, 1.165) is 35.8 Å². The highest BCUT2D eigenvalue weighted by Gasteiger charge is 2.03. The molecule has 100 valence electrons. The summed E-state index contributed by atoms with van der Waals surface area (Å²) < 4.78 is 5.42. The number of aromatic nitrogens is 3. The fraction of sp³-hybridized carbons (Fsp3) is 0.357. The Morgan fingerprint density at radius 2 is 2.05 bits per heavy atom. The van der Waals surface area contributed by atoms with Crippen molar-refractivity contribution in [1.29, 1.82) is 0 Å². The number of nitrogens with one attached hydrogen (secondary N) is 1. The van der Waals surface area contributed by atoms with E-state index in [4.69, 9.17) is 4.74 Å². The van der Waals surface area contributed by atoms with Crippen LogP contribution in [0.2, 0.25) is 0 Å². The van der Waals surface area contributed by atoms with Gasteiger partial charge in [-0.3, -0.25) is 4.98 Å². The Labute approximate surface area is 113 Å². The Morgan fingerprint density at radius 3 is 2.74 bits per heavy atom. The molecule has 1 N–H and O–H groups in total. The van der Waals surface area contributed by atoms with Crippen LogP contribution in [0.5, 0.6) is 5.75 Å². The van der Waals surface area contributed by atoms with Crippen molar-refractivity contribution in [2.45, 2.75) is 20.3 Å². The number of ether oxygens (including phenoxy) is 1. The molecule has 0 saturated heterocycles. The second-order valence-corrected chi connectivity index (χ2v) is 4.07. The van der Waals surface area contributed by atoms with Gasteiger partial charge in [0, 0.05) is 18.3 Å². The third-order valence-corrected chi connectivity index (χ3v) is 2.54. The predicted molar refractivity (Wildman–Crippen MR) is 75.2 cm³/mol. The van der Waals surface area contributed by atoms with Crippen LogP contribution in [0, 0.1) is 0 Å². The average molecular weight is 258 g/mol. The van der Waals surface area contributed by atoms with Gasteiger partial charge in [0.25, 0.3) is 0 Å². The van der Waals surface area contributed by atoms with Crippen molar-refractivity contribution in [2.75, 3.05) is 18.5 Å². The van der Waals surface area contributed by atoms with Crippen LogP contribution in [0.25, 0.3) is 11.3 Å². The largest absolute Gasteiger partial charge is 0.492 e. The monoisotopic (exact) mass is 258 g/mol. The molecule has 0 aliphatic rings. The van der Waals surface area contributed by atoms with Gasteiger partial charge in [0.15, 0.2) is 0 Å². The first-order valence-electron chi connectivity index (χ1n) is 6.49. The van der Waals surface area contributed by atoms with Crippen molar-refractivity contribution in [3.8, 4) is 17.0 Å². The molecule has 2 heterocycles. The zero-order valence-electron chi connectivity index (χ0n) is 11.3. The minimum atomic E-state index is 0.622. The van der Waals surface area contributed by atoms with Crippen LogP contribution >= 0.6 is 0 Å². The van der Waals surface area contributed by atoms with Crippen LogP contribution in [0.15, 0.2) is 30.6 Å². The standard InChI is InChI=1S/C14H18N4O/c1-3-7-16-14-6-5-13(17-18-14)11-8-12(19-4-2)10-15-9-11/h5-6,8-10H,3-4,7H2,1-2H3,(H,16,18). The predicted octanol–water partition coefficient (Wildman–Crippen LogP) is 2.76. The Hall–Kier alpha value is -2.17. The van der Waals surface area contributed by atoms with E-state index in [2.05, 4.69) is 27.4 Å². The first-order valence-corrected chi connectivity index (χ1v) is 6.49.